The molecule has 0 unspecified atom stereocenters. The van der Waals surface area contributed by atoms with E-state index in [9.17, 15) is 9.90 Å². The Morgan fingerprint density at radius 3 is 2.67 bits per heavy atom. The minimum absolute atomic E-state index is 0.0639. The van der Waals surface area contributed by atoms with Crippen LogP contribution in [0.25, 0.3) is 11.1 Å². The molecule has 0 bridgehead atoms. The Kier molecular flexibility index (Phi) is 2.56. The number of aryl methyl sites for hydroxylation is 1. The van der Waals surface area contributed by atoms with Gasteiger partial charge in [-0.2, -0.15) is 0 Å². The first-order chi connectivity index (χ1) is 7.24. The molecule has 1 heterocycles. The van der Waals surface area contributed by atoms with Crippen LogP contribution in [-0.4, -0.2) is 11.4 Å². The average Bonchev–Trinajstić information content (AvgIpc) is 2.65. The second-order valence-corrected chi connectivity index (χ2v) is 4.37. The SMILES string of the molecule is Cc1sccc1-c1cccc(C=O)c1O. The van der Waals surface area contributed by atoms with E-state index in [0.29, 0.717) is 11.8 Å². The van der Waals surface area contributed by atoms with Gasteiger partial charge in [-0.25, -0.2) is 0 Å². The third kappa shape index (κ3) is 1.66. The molecule has 0 amide bonds. The second kappa shape index (κ2) is 3.87. The predicted octanol–water partition coefficient (Wildman–Crippen LogP) is 3.24. The highest BCUT2D eigenvalue weighted by molar-refractivity contribution is 7.10. The molecule has 2 nitrogen and oxygen atoms in total. The van der Waals surface area contributed by atoms with Crippen LogP contribution >= 0.6 is 11.3 Å². The van der Waals surface area contributed by atoms with Crippen molar-refractivity contribution in [3.8, 4) is 16.9 Å². The maximum atomic E-state index is 10.7. The summed E-state index contributed by atoms with van der Waals surface area (Å²) in [6.07, 6.45) is 0.667. The van der Waals surface area contributed by atoms with Crippen LogP contribution in [0.3, 0.4) is 0 Å². The zero-order valence-corrected chi connectivity index (χ0v) is 9.04. The molecule has 0 atom stereocenters. The first-order valence-electron chi connectivity index (χ1n) is 4.55. The van der Waals surface area contributed by atoms with Crippen molar-refractivity contribution in [1.82, 2.24) is 0 Å². The topological polar surface area (TPSA) is 37.3 Å². The van der Waals surface area contributed by atoms with Gasteiger partial charge < -0.3 is 5.11 Å². The molecule has 0 aliphatic rings. The molecule has 76 valence electrons. The molecule has 0 aliphatic heterocycles. The van der Waals surface area contributed by atoms with Gasteiger partial charge in [-0.3, -0.25) is 4.79 Å². The number of phenolic OH excluding ortho intramolecular Hbond substituents is 1. The largest absolute Gasteiger partial charge is 0.507 e. The Labute approximate surface area is 91.8 Å². The lowest BCUT2D eigenvalue weighted by Gasteiger charge is -2.05. The number of benzene rings is 1. The van der Waals surface area contributed by atoms with Crippen molar-refractivity contribution in [3.05, 3.63) is 40.1 Å². The van der Waals surface area contributed by atoms with Gasteiger partial charge in [0.25, 0.3) is 0 Å². The molecule has 0 aliphatic carbocycles. The van der Waals surface area contributed by atoms with E-state index in [2.05, 4.69) is 0 Å². The molecule has 0 saturated carbocycles. The van der Waals surface area contributed by atoms with Crippen LogP contribution in [0.15, 0.2) is 29.6 Å². The van der Waals surface area contributed by atoms with Gasteiger partial charge in [-0.05, 0) is 30.0 Å². The Hall–Kier alpha value is -1.61. The second-order valence-electron chi connectivity index (χ2n) is 3.25. The van der Waals surface area contributed by atoms with E-state index in [1.165, 1.54) is 0 Å². The van der Waals surface area contributed by atoms with Crippen LogP contribution < -0.4 is 0 Å². The van der Waals surface area contributed by atoms with Crippen molar-refractivity contribution in [2.45, 2.75) is 6.92 Å². The standard InChI is InChI=1S/C12H10O2S/c1-8-10(5-6-15-8)11-4-2-3-9(7-13)12(11)14/h2-7,14H,1H3. The van der Waals surface area contributed by atoms with Crippen molar-refractivity contribution in [1.29, 1.82) is 0 Å². The van der Waals surface area contributed by atoms with Gasteiger partial charge >= 0.3 is 0 Å². The molecular weight excluding hydrogens is 208 g/mol. The monoisotopic (exact) mass is 218 g/mol. The summed E-state index contributed by atoms with van der Waals surface area (Å²) in [4.78, 5) is 11.8. The third-order valence-corrected chi connectivity index (χ3v) is 3.19. The summed E-state index contributed by atoms with van der Waals surface area (Å²) in [5.74, 6) is 0.0639. The Morgan fingerprint density at radius 1 is 1.27 bits per heavy atom. The van der Waals surface area contributed by atoms with Gasteiger partial charge in [0.15, 0.2) is 6.29 Å². The van der Waals surface area contributed by atoms with Crippen LogP contribution in [0, 0.1) is 6.92 Å². The number of carbonyl (C=O) groups is 1. The Bertz CT molecular complexity index is 500. The molecule has 0 saturated heterocycles. The number of aldehydes is 1. The van der Waals surface area contributed by atoms with Crippen LogP contribution in [0.4, 0.5) is 0 Å². The molecule has 1 aromatic carbocycles. The highest BCUT2D eigenvalue weighted by atomic mass is 32.1. The summed E-state index contributed by atoms with van der Waals surface area (Å²) in [7, 11) is 0. The number of phenols is 1. The number of para-hydroxylation sites is 1. The zero-order valence-electron chi connectivity index (χ0n) is 8.23. The summed E-state index contributed by atoms with van der Waals surface area (Å²) in [5.41, 5.74) is 2.04. The summed E-state index contributed by atoms with van der Waals surface area (Å²) < 4.78 is 0. The Balaban J connectivity index is 2.64. The summed E-state index contributed by atoms with van der Waals surface area (Å²) >= 11 is 1.62. The summed E-state index contributed by atoms with van der Waals surface area (Å²) in [6, 6.07) is 7.14. The fourth-order valence-electron chi connectivity index (χ4n) is 1.54. The molecule has 15 heavy (non-hydrogen) atoms. The van der Waals surface area contributed by atoms with Crippen molar-refractivity contribution in [3.63, 3.8) is 0 Å². The van der Waals surface area contributed by atoms with E-state index < -0.39 is 0 Å². The van der Waals surface area contributed by atoms with Crippen LogP contribution in [0.1, 0.15) is 15.2 Å². The highest BCUT2D eigenvalue weighted by Crippen LogP contribution is 2.35. The van der Waals surface area contributed by atoms with Crippen molar-refractivity contribution >= 4 is 17.6 Å². The number of thiophene rings is 1. The van der Waals surface area contributed by atoms with E-state index in [-0.39, 0.29) is 5.75 Å². The molecular formula is C12H10O2S. The molecule has 2 rings (SSSR count). The number of aromatic hydroxyl groups is 1. The molecule has 0 fully saturated rings. The fourth-order valence-corrected chi connectivity index (χ4v) is 2.25. The van der Waals surface area contributed by atoms with Gasteiger partial charge in [-0.15, -0.1) is 11.3 Å². The third-order valence-electron chi connectivity index (χ3n) is 2.34. The fraction of sp³-hybridized carbons (Fsp3) is 0.0833. The van der Waals surface area contributed by atoms with Gasteiger partial charge in [0, 0.05) is 10.4 Å². The minimum Gasteiger partial charge on any atom is -0.507 e. The molecule has 0 radical (unpaired) electrons. The van der Waals surface area contributed by atoms with Crippen molar-refractivity contribution in [2.75, 3.05) is 0 Å². The van der Waals surface area contributed by atoms with Crippen LogP contribution in [0.5, 0.6) is 5.75 Å². The van der Waals surface area contributed by atoms with E-state index >= 15 is 0 Å². The molecule has 1 N–H and O–H groups in total. The number of hydrogen-bond donors (Lipinski definition) is 1. The normalized spacial score (nSPS) is 10.2. The maximum absolute atomic E-state index is 10.7. The lowest BCUT2D eigenvalue weighted by atomic mass is 10.0. The molecule has 3 heteroatoms. The minimum atomic E-state index is 0.0639. The van der Waals surface area contributed by atoms with E-state index in [1.54, 1.807) is 23.5 Å². The number of hydrogen-bond acceptors (Lipinski definition) is 3. The van der Waals surface area contributed by atoms with Crippen molar-refractivity contribution < 1.29 is 9.90 Å². The zero-order chi connectivity index (χ0) is 10.8. The van der Waals surface area contributed by atoms with Gasteiger partial charge in [0.05, 0.1) is 5.56 Å². The lowest BCUT2D eigenvalue weighted by Crippen LogP contribution is -1.85. The van der Waals surface area contributed by atoms with Gasteiger partial charge in [0.1, 0.15) is 5.75 Å². The number of rotatable bonds is 2. The summed E-state index contributed by atoms with van der Waals surface area (Å²) in [6.45, 7) is 1.99. The lowest BCUT2D eigenvalue weighted by molar-refractivity contribution is 0.112. The summed E-state index contributed by atoms with van der Waals surface area (Å²) in [5, 5.41) is 11.8. The van der Waals surface area contributed by atoms with Gasteiger partial charge in [-0.1, -0.05) is 12.1 Å². The van der Waals surface area contributed by atoms with Crippen LogP contribution in [0.2, 0.25) is 0 Å². The van der Waals surface area contributed by atoms with Gasteiger partial charge in [0.2, 0.25) is 0 Å². The molecule has 2 aromatic rings. The van der Waals surface area contributed by atoms with Crippen LogP contribution in [-0.2, 0) is 0 Å². The maximum Gasteiger partial charge on any atom is 0.153 e. The quantitative estimate of drug-likeness (QED) is 0.786. The average molecular weight is 218 g/mol. The van der Waals surface area contributed by atoms with E-state index in [0.717, 1.165) is 16.0 Å². The smallest absolute Gasteiger partial charge is 0.153 e. The highest BCUT2D eigenvalue weighted by Gasteiger charge is 2.10. The first-order valence-corrected chi connectivity index (χ1v) is 5.43. The van der Waals surface area contributed by atoms with Crippen molar-refractivity contribution in [2.24, 2.45) is 0 Å². The number of carbonyl (C=O) groups excluding carboxylic acids is 1. The predicted molar refractivity (Wildman–Crippen MR) is 61.5 cm³/mol. The van der Waals surface area contributed by atoms with E-state index in [1.807, 2.05) is 24.4 Å². The Morgan fingerprint density at radius 2 is 2.07 bits per heavy atom. The van der Waals surface area contributed by atoms with E-state index in [4.69, 9.17) is 0 Å². The molecule has 0 spiro atoms. The first kappa shape index (κ1) is 9.93. The molecule has 1 aromatic heterocycles.